The van der Waals surface area contributed by atoms with Gasteiger partial charge >= 0.3 is 12.6 Å². The Kier molecular flexibility index (Phi) is 10.4. The summed E-state index contributed by atoms with van der Waals surface area (Å²) < 4.78 is 49.5. The Morgan fingerprint density at radius 2 is 1.89 bits per heavy atom. The van der Waals surface area contributed by atoms with Gasteiger partial charge in [0.25, 0.3) is 0 Å². The number of rotatable bonds is 9. The average molecular weight is 714 g/mol. The molecule has 1 aromatic heterocycles. The van der Waals surface area contributed by atoms with Crippen molar-refractivity contribution in [3.63, 3.8) is 0 Å². The highest BCUT2D eigenvalue weighted by atomic mass is 35.6. The van der Waals surface area contributed by atoms with Crippen LogP contribution in [0.2, 0.25) is 0 Å². The van der Waals surface area contributed by atoms with Gasteiger partial charge in [-0.05, 0) is 61.0 Å². The predicted octanol–water partition coefficient (Wildman–Crippen LogP) is 7.54. The molecule has 0 unspecified atom stereocenters. The van der Waals surface area contributed by atoms with E-state index in [0.717, 1.165) is 23.4 Å². The first kappa shape index (κ1) is 33.5. The summed E-state index contributed by atoms with van der Waals surface area (Å²) in [5.74, 6) is -0.906. The fourth-order valence-electron chi connectivity index (χ4n) is 4.25. The van der Waals surface area contributed by atoms with Gasteiger partial charge in [-0.15, -0.1) is 5.10 Å². The van der Waals surface area contributed by atoms with Crippen molar-refractivity contribution in [2.75, 3.05) is 22.6 Å². The standard InChI is InChI=1S/C29H22Cl3F3N6O4S/c1-16-2-3-18(12-44-14-29(30,31)32)23(10-16)41-24(42)13-46-28(41)38-27(43)37-22-9-4-17(11-21(22)33)25-36-15-40(39-25)19-5-7-20(8-6-19)45-26(34)35/h2-11,15,26H,12-14H2,1H3,(H,37,43)/b38-28-. The number of carbonyl (C=O) groups is 2. The Labute approximate surface area is 279 Å². The van der Waals surface area contributed by atoms with Crippen LogP contribution in [0.1, 0.15) is 11.1 Å². The molecule has 1 saturated heterocycles. The van der Waals surface area contributed by atoms with Crippen LogP contribution < -0.4 is 15.0 Å². The van der Waals surface area contributed by atoms with Gasteiger partial charge in [0, 0.05) is 11.1 Å². The Balaban J connectivity index is 1.29. The highest BCUT2D eigenvalue weighted by Gasteiger charge is 2.32. The zero-order valence-corrected chi connectivity index (χ0v) is 26.7. The molecule has 10 nitrogen and oxygen atoms in total. The first-order valence-corrected chi connectivity index (χ1v) is 15.3. The Bertz CT molecular complexity index is 1790. The van der Waals surface area contributed by atoms with E-state index in [0.29, 0.717) is 22.5 Å². The highest BCUT2D eigenvalue weighted by molar-refractivity contribution is 8.15. The van der Waals surface area contributed by atoms with Crippen LogP contribution in [-0.4, -0.2) is 54.6 Å². The molecule has 3 amide bonds. The van der Waals surface area contributed by atoms with E-state index in [1.54, 1.807) is 12.1 Å². The number of amides is 3. The van der Waals surface area contributed by atoms with Crippen molar-refractivity contribution in [2.45, 2.75) is 23.9 Å². The number of halogens is 6. The summed E-state index contributed by atoms with van der Waals surface area (Å²) in [7, 11) is 0. The maximum atomic E-state index is 15.1. The minimum absolute atomic E-state index is 0.0158. The van der Waals surface area contributed by atoms with Crippen LogP contribution in [0.3, 0.4) is 0 Å². The molecule has 0 radical (unpaired) electrons. The second kappa shape index (κ2) is 14.3. The molecule has 1 aliphatic rings. The van der Waals surface area contributed by atoms with Gasteiger partial charge in [0.2, 0.25) is 9.70 Å². The summed E-state index contributed by atoms with van der Waals surface area (Å²) in [6.07, 6.45) is 1.38. The molecule has 0 aliphatic carbocycles. The zero-order valence-electron chi connectivity index (χ0n) is 23.6. The third-order valence-corrected chi connectivity index (χ3v) is 7.51. The largest absolute Gasteiger partial charge is 0.435 e. The molecule has 5 rings (SSSR count). The third kappa shape index (κ3) is 8.50. The third-order valence-electron chi connectivity index (χ3n) is 6.25. The minimum Gasteiger partial charge on any atom is -0.435 e. The maximum Gasteiger partial charge on any atom is 0.387 e. The quantitative estimate of drug-likeness (QED) is 0.179. The van der Waals surface area contributed by atoms with Gasteiger partial charge in [0.1, 0.15) is 17.9 Å². The number of nitrogens with zero attached hydrogens (tertiary/aromatic N) is 5. The van der Waals surface area contributed by atoms with Crippen molar-refractivity contribution in [3.8, 4) is 22.8 Å². The smallest absolute Gasteiger partial charge is 0.387 e. The number of alkyl halides is 5. The number of carbonyl (C=O) groups excluding carboxylic acids is 2. The Morgan fingerprint density at radius 3 is 2.59 bits per heavy atom. The Morgan fingerprint density at radius 1 is 1.13 bits per heavy atom. The summed E-state index contributed by atoms with van der Waals surface area (Å²) >= 11 is 18.4. The van der Waals surface area contributed by atoms with E-state index in [4.69, 9.17) is 39.5 Å². The fourth-order valence-corrected chi connectivity index (χ4v) is 5.34. The van der Waals surface area contributed by atoms with Crippen LogP contribution in [0, 0.1) is 12.7 Å². The number of benzene rings is 3. The number of urea groups is 1. The molecule has 1 N–H and O–H groups in total. The van der Waals surface area contributed by atoms with Gasteiger partial charge in [-0.3, -0.25) is 9.69 Å². The van der Waals surface area contributed by atoms with Crippen molar-refractivity contribution in [1.29, 1.82) is 0 Å². The minimum atomic E-state index is -2.95. The van der Waals surface area contributed by atoms with Gasteiger partial charge in [0.05, 0.1) is 36.0 Å². The molecule has 4 aromatic rings. The van der Waals surface area contributed by atoms with Crippen LogP contribution in [0.15, 0.2) is 72.0 Å². The lowest BCUT2D eigenvalue weighted by Gasteiger charge is -2.21. The molecule has 0 saturated carbocycles. The maximum absolute atomic E-state index is 15.1. The molecule has 0 atom stereocenters. The lowest BCUT2D eigenvalue weighted by molar-refractivity contribution is -0.115. The molecule has 17 heteroatoms. The van der Waals surface area contributed by atoms with E-state index >= 15 is 4.39 Å². The van der Waals surface area contributed by atoms with Crippen molar-refractivity contribution in [3.05, 3.63) is 83.9 Å². The number of thioether (sulfide) groups is 1. The SMILES string of the molecule is Cc1ccc(COCC(Cl)(Cl)Cl)c(N2C(=O)CS/C2=N\C(=O)Nc2ccc(-c3ncn(-c4ccc(OC(F)F)cc4)n3)cc2F)c1. The monoisotopic (exact) mass is 712 g/mol. The predicted molar refractivity (Wildman–Crippen MR) is 171 cm³/mol. The number of hydrogen-bond acceptors (Lipinski definition) is 7. The molecule has 0 bridgehead atoms. The van der Waals surface area contributed by atoms with Crippen LogP contribution in [0.25, 0.3) is 17.1 Å². The molecule has 2 heterocycles. The highest BCUT2D eigenvalue weighted by Crippen LogP contribution is 2.33. The van der Waals surface area contributed by atoms with Gasteiger partial charge in [-0.1, -0.05) is 58.7 Å². The van der Waals surface area contributed by atoms with Crippen molar-refractivity contribution < 1.29 is 32.2 Å². The summed E-state index contributed by atoms with van der Waals surface area (Å²) in [5.41, 5.74) is 2.54. The average Bonchev–Trinajstić information content (AvgIpc) is 3.61. The topological polar surface area (TPSA) is 111 Å². The number of hydrogen-bond donors (Lipinski definition) is 1. The number of aliphatic imine (C=N–C) groups is 1. The van der Waals surface area contributed by atoms with Crippen molar-refractivity contribution >= 4 is 75.0 Å². The Hall–Kier alpha value is -3.82. The normalized spacial score (nSPS) is 14.4. The summed E-state index contributed by atoms with van der Waals surface area (Å²) in [5, 5.41) is 6.79. The first-order chi connectivity index (χ1) is 21.9. The summed E-state index contributed by atoms with van der Waals surface area (Å²) in [6, 6.07) is 14.1. The van der Waals surface area contributed by atoms with Gasteiger partial charge in [0.15, 0.2) is 11.0 Å². The molecular weight excluding hydrogens is 692 g/mol. The molecular formula is C29H22Cl3F3N6O4S. The molecule has 0 spiro atoms. The molecule has 3 aromatic carbocycles. The number of nitrogens with one attached hydrogen (secondary N) is 1. The number of ether oxygens (including phenoxy) is 2. The fraction of sp³-hybridized carbons (Fsp3) is 0.207. The molecule has 1 aliphatic heterocycles. The zero-order chi connectivity index (χ0) is 33.0. The summed E-state index contributed by atoms with van der Waals surface area (Å²) in [4.78, 5) is 35.3. The molecule has 46 heavy (non-hydrogen) atoms. The van der Waals surface area contributed by atoms with Gasteiger partial charge in [-0.2, -0.15) is 13.8 Å². The second-order valence-corrected chi connectivity index (χ2v) is 13.1. The van der Waals surface area contributed by atoms with Crippen LogP contribution in [0.4, 0.5) is 29.3 Å². The lowest BCUT2D eigenvalue weighted by atomic mass is 10.1. The number of amidine groups is 1. The first-order valence-electron chi connectivity index (χ1n) is 13.2. The van der Waals surface area contributed by atoms with Gasteiger partial charge in [-0.25, -0.2) is 18.9 Å². The van der Waals surface area contributed by atoms with E-state index in [1.165, 1.54) is 52.3 Å². The van der Waals surface area contributed by atoms with E-state index in [9.17, 15) is 18.4 Å². The van der Waals surface area contributed by atoms with E-state index in [2.05, 4.69) is 25.1 Å². The van der Waals surface area contributed by atoms with E-state index in [1.807, 2.05) is 13.0 Å². The van der Waals surface area contributed by atoms with Crippen molar-refractivity contribution in [1.82, 2.24) is 14.8 Å². The van der Waals surface area contributed by atoms with Crippen LogP contribution in [0.5, 0.6) is 5.75 Å². The van der Waals surface area contributed by atoms with E-state index in [-0.39, 0.29) is 47.3 Å². The lowest BCUT2D eigenvalue weighted by Crippen LogP contribution is -2.31. The molecule has 240 valence electrons. The van der Waals surface area contributed by atoms with Crippen LogP contribution >= 0.6 is 46.6 Å². The molecule has 1 fully saturated rings. The van der Waals surface area contributed by atoms with Crippen molar-refractivity contribution in [2.24, 2.45) is 4.99 Å². The van der Waals surface area contributed by atoms with Gasteiger partial charge < -0.3 is 14.8 Å². The summed E-state index contributed by atoms with van der Waals surface area (Å²) in [6.45, 7) is -1.27. The number of aryl methyl sites for hydroxylation is 1. The second-order valence-electron chi connectivity index (χ2n) is 9.66. The van der Waals surface area contributed by atoms with Crippen LogP contribution in [-0.2, 0) is 16.1 Å². The number of anilines is 2. The van der Waals surface area contributed by atoms with E-state index < -0.39 is 22.3 Å². The number of aromatic nitrogens is 3.